The minimum Gasteiger partial charge on any atom is -0.464 e. The summed E-state index contributed by atoms with van der Waals surface area (Å²) >= 11 is 3.10. The van der Waals surface area contributed by atoms with Crippen LogP contribution in [0.1, 0.15) is 31.3 Å². The van der Waals surface area contributed by atoms with Gasteiger partial charge in [-0.3, -0.25) is 5.32 Å². The van der Waals surface area contributed by atoms with Gasteiger partial charge in [0.15, 0.2) is 11.5 Å². The number of hydrogen-bond acceptors (Lipinski definition) is 6. The summed E-state index contributed by atoms with van der Waals surface area (Å²) in [5, 5.41) is 2.42. The predicted molar refractivity (Wildman–Crippen MR) is 70.9 cm³/mol. The lowest BCUT2D eigenvalue weighted by molar-refractivity contribution is 0.0592. The number of halogens is 1. The molecule has 1 N–H and O–H groups in total. The maximum Gasteiger partial charge on any atom is 0.413 e. The number of amides is 1. The fraction of sp³-hybridized carbons (Fsp3) is 0.455. The van der Waals surface area contributed by atoms with Gasteiger partial charge >= 0.3 is 12.1 Å². The molecular formula is C11H14BrN3O4. The summed E-state index contributed by atoms with van der Waals surface area (Å²) in [6, 6.07) is 0. The maximum atomic E-state index is 11.5. The topological polar surface area (TPSA) is 90.4 Å². The van der Waals surface area contributed by atoms with Crippen molar-refractivity contribution in [3.63, 3.8) is 0 Å². The van der Waals surface area contributed by atoms with E-state index in [2.05, 4.69) is 36.0 Å². The number of esters is 1. The SMILES string of the molecule is COC(=O)c1cnc(NC(=O)OC(C)(C)C)c(Br)n1. The first kappa shape index (κ1) is 15.4. The van der Waals surface area contributed by atoms with E-state index in [0.717, 1.165) is 0 Å². The molecule has 1 heterocycles. The van der Waals surface area contributed by atoms with Crippen LogP contribution in [0.3, 0.4) is 0 Å². The van der Waals surface area contributed by atoms with Crippen molar-refractivity contribution in [2.75, 3.05) is 12.4 Å². The molecule has 0 aromatic carbocycles. The number of anilines is 1. The molecule has 0 aliphatic heterocycles. The Kier molecular flexibility index (Phi) is 4.82. The first-order valence-electron chi connectivity index (χ1n) is 5.34. The summed E-state index contributed by atoms with van der Waals surface area (Å²) in [5.74, 6) is -0.459. The van der Waals surface area contributed by atoms with Crippen LogP contribution in [0, 0.1) is 0 Å². The number of carbonyl (C=O) groups excluding carboxylic acids is 2. The van der Waals surface area contributed by atoms with E-state index in [9.17, 15) is 9.59 Å². The lowest BCUT2D eigenvalue weighted by Gasteiger charge is -2.19. The predicted octanol–water partition coefficient (Wildman–Crippen LogP) is 2.37. The zero-order chi connectivity index (χ0) is 14.6. The van der Waals surface area contributed by atoms with Gasteiger partial charge in [-0.15, -0.1) is 0 Å². The molecule has 7 nitrogen and oxygen atoms in total. The summed E-state index contributed by atoms with van der Waals surface area (Å²) in [4.78, 5) is 30.6. The quantitative estimate of drug-likeness (QED) is 0.836. The third kappa shape index (κ3) is 4.82. The molecule has 0 aliphatic carbocycles. The Morgan fingerprint density at radius 1 is 1.37 bits per heavy atom. The molecule has 0 aliphatic rings. The van der Waals surface area contributed by atoms with Crippen LogP contribution in [0.4, 0.5) is 10.6 Å². The second kappa shape index (κ2) is 5.96. The van der Waals surface area contributed by atoms with Crippen molar-refractivity contribution >= 4 is 33.8 Å². The van der Waals surface area contributed by atoms with E-state index in [1.54, 1.807) is 20.8 Å². The highest BCUT2D eigenvalue weighted by Gasteiger charge is 2.18. The molecule has 1 amide bonds. The number of nitrogens with one attached hydrogen (secondary N) is 1. The standard InChI is InChI=1S/C11H14BrN3O4/c1-11(2,3)19-10(17)15-8-7(12)14-6(5-13-8)9(16)18-4/h5H,1-4H3,(H,13,15,17). The van der Waals surface area contributed by atoms with Gasteiger partial charge in [0.1, 0.15) is 10.2 Å². The van der Waals surface area contributed by atoms with Crippen molar-refractivity contribution in [1.82, 2.24) is 9.97 Å². The largest absolute Gasteiger partial charge is 0.464 e. The first-order valence-corrected chi connectivity index (χ1v) is 6.13. The number of rotatable bonds is 2. The fourth-order valence-corrected chi connectivity index (χ4v) is 1.45. The molecule has 0 atom stereocenters. The molecule has 0 unspecified atom stereocenters. The minimum atomic E-state index is -0.659. The highest BCUT2D eigenvalue weighted by Crippen LogP contribution is 2.18. The third-order valence-electron chi connectivity index (χ3n) is 1.74. The van der Waals surface area contributed by atoms with Gasteiger partial charge in [0.2, 0.25) is 0 Å². The van der Waals surface area contributed by atoms with Crippen molar-refractivity contribution in [1.29, 1.82) is 0 Å². The monoisotopic (exact) mass is 331 g/mol. The van der Waals surface area contributed by atoms with E-state index in [1.165, 1.54) is 13.3 Å². The number of nitrogens with zero attached hydrogens (tertiary/aromatic N) is 2. The van der Waals surface area contributed by atoms with Crippen molar-refractivity contribution < 1.29 is 19.1 Å². The Morgan fingerprint density at radius 2 is 2.00 bits per heavy atom. The molecule has 1 rings (SSSR count). The van der Waals surface area contributed by atoms with Crippen LogP contribution in [-0.2, 0) is 9.47 Å². The maximum absolute atomic E-state index is 11.5. The molecule has 1 aromatic rings. The van der Waals surface area contributed by atoms with Crippen LogP contribution < -0.4 is 5.32 Å². The second-order valence-electron chi connectivity index (χ2n) is 4.51. The molecule has 8 heteroatoms. The van der Waals surface area contributed by atoms with Crippen LogP contribution in [0.25, 0.3) is 0 Å². The third-order valence-corrected chi connectivity index (χ3v) is 2.30. The number of methoxy groups -OCH3 is 1. The van der Waals surface area contributed by atoms with Crippen LogP contribution in [-0.4, -0.2) is 34.7 Å². The minimum absolute atomic E-state index is 0.0316. The van der Waals surface area contributed by atoms with Gasteiger partial charge in [-0.25, -0.2) is 19.6 Å². The fourth-order valence-electron chi connectivity index (χ4n) is 1.05. The Hall–Kier alpha value is -1.70. The van der Waals surface area contributed by atoms with Gasteiger partial charge in [0.05, 0.1) is 13.3 Å². The average molecular weight is 332 g/mol. The Bertz CT molecular complexity index is 499. The molecule has 0 saturated carbocycles. The average Bonchev–Trinajstić information content (AvgIpc) is 2.28. The summed E-state index contributed by atoms with van der Waals surface area (Å²) in [7, 11) is 1.24. The molecular weight excluding hydrogens is 318 g/mol. The number of hydrogen-bond donors (Lipinski definition) is 1. The number of carbonyl (C=O) groups is 2. The van der Waals surface area contributed by atoms with Gasteiger partial charge < -0.3 is 9.47 Å². The van der Waals surface area contributed by atoms with Crippen molar-refractivity contribution in [3.05, 3.63) is 16.5 Å². The first-order chi connectivity index (χ1) is 8.73. The number of aromatic nitrogens is 2. The van der Waals surface area contributed by atoms with Gasteiger partial charge in [-0.2, -0.15) is 0 Å². The van der Waals surface area contributed by atoms with Gasteiger partial charge in [0, 0.05) is 0 Å². The van der Waals surface area contributed by atoms with Crippen LogP contribution in [0.2, 0.25) is 0 Å². The zero-order valence-electron chi connectivity index (χ0n) is 11.0. The van der Waals surface area contributed by atoms with Crippen molar-refractivity contribution in [2.45, 2.75) is 26.4 Å². The molecule has 0 radical (unpaired) electrons. The van der Waals surface area contributed by atoms with Crippen molar-refractivity contribution in [2.24, 2.45) is 0 Å². The summed E-state index contributed by atoms with van der Waals surface area (Å²) in [6.45, 7) is 5.23. The Labute approximate surface area is 118 Å². The Balaban J connectivity index is 2.81. The van der Waals surface area contributed by atoms with E-state index < -0.39 is 17.7 Å². The summed E-state index contributed by atoms with van der Waals surface area (Å²) in [5.41, 5.74) is -0.584. The molecule has 104 valence electrons. The summed E-state index contributed by atoms with van der Waals surface area (Å²) < 4.78 is 9.78. The Morgan fingerprint density at radius 3 is 2.47 bits per heavy atom. The van der Waals surface area contributed by atoms with Gasteiger partial charge in [-0.05, 0) is 36.7 Å². The van der Waals surface area contributed by atoms with E-state index in [0.29, 0.717) is 0 Å². The van der Waals surface area contributed by atoms with Gasteiger partial charge in [-0.1, -0.05) is 0 Å². The van der Waals surface area contributed by atoms with Gasteiger partial charge in [0.25, 0.3) is 0 Å². The summed E-state index contributed by atoms with van der Waals surface area (Å²) in [6.07, 6.45) is 0.539. The highest BCUT2D eigenvalue weighted by atomic mass is 79.9. The molecule has 19 heavy (non-hydrogen) atoms. The highest BCUT2D eigenvalue weighted by molar-refractivity contribution is 9.10. The molecule has 0 bridgehead atoms. The van der Waals surface area contributed by atoms with E-state index in [4.69, 9.17) is 4.74 Å². The lowest BCUT2D eigenvalue weighted by atomic mass is 10.2. The molecule has 0 saturated heterocycles. The van der Waals surface area contributed by atoms with Crippen LogP contribution >= 0.6 is 15.9 Å². The second-order valence-corrected chi connectivity index (χ2v) is 5.26. The number of ether oxygens (including phenoxy) is 2. The van der Waals surface area contributed by atoms with Crippen LogP contribution in [0.15, 0.2) is 10.8 Å². The zero-order valence-corrected chi connectivity index (χ0v) is 12.6. The lowest BCUT2D eigenvalue weighted by Crippen LogP contribution is -2.27. The smallest absolute Gasteiger partial charge is 0.413 e. The van der Waals surface area contributed by atoms with E-state index in [-0.39, 0.29) is 16.1 Å². The molecule has 0 fully saturated rings. The molecule has 1 aromatic heterocycles. The van der Waals surface area contributed by atoms with Crippen molar-refractivity contribution in [3.8, 4) is 0 Å². The van der Waals surface area contributed by atoms with E-state index in [1.807, 2.05) is 0 Å². The normalized spacial score (nSPS) is 10.8. The van der Waals surface area contributed by atoms with Crippen LogP contribution in [0.5, 0.6) is 0 Å². The molecule has 0 spiro atoms. The van der Waals surface area contributed by atoms with E-state index >= 15 is 0 Å².